The van der Waals surface area contributed by atoms with Crippen LogP contribution in [-0.2, 0) is 6.18 Å². The summed E-state index contributed by atoms with van der Waals surface area (Å²) in [5.74, 6) is 0. The SMILES string of the molecule is N[C@@H]1CCC[C@H]1Nc1cccc(C(F)(F)F)c1. The zero-order chi connectivity index (χ0) is 12.5. The van der Waals surface area contributed by atoms with Crippen LogP contribution < -0.4 is 11.1 Å². The van der Waals surface area contributed by atoms with Gasteiger partial charge in [0.15, 0.2) is 0 Å². The van der Waals surface area contributed by atoms with E-state index in [1.54, 1.807) is 6.07 Å². The van der Waals surface area contributed by atoms with E-state index in [4.69, 9.17) is 5.73 Å². The maximum absolute atomic E-state index is 12.5. The van der Waals surface area contributed by atoms with Crippen molar-refractivity contribution in [3.05, 3.63) is 29.8 Å². The monoisotopic (exact) mass is 244 g/mol. The number of hydrogen-bond donors (Lipinski definition) is 2. The molecule has 2 nitrogen and oxygen atoms in total. The van der Waals surface area contributed by atoms with Gasteiger partial charge in [0.1, 0.15) is 0 Å². The van der Waals surface area contributed by atoms with E-state index in [0.717, 1.165) is 31.4 Å². The van der Waals surface area contributed by atoms with E-state index in [-0.39, 0.29) is 12.1 Å². The molecule has 1 fully saturated rings. The number of anilines is 1. The Labute approximate surface area is 98.0 Å². The highest BCUT2D eigenvalue weighted by Crippen LogP contribution is 2.31. The minimum Gasteiger partial charge on any atom is -0.381 e. The smallest absolute Gasteiger partial charge is 0.381 e. The zero-order valence-electron chi connectivity index (χ0n) is 9.30. The Kier molecular flexibility index (Phi) is 3.28. The Bertz CT molecular complexity index is 390. The second kappa shape index (κ2) is 4.56. The van der Waals surface area contributed by atoms with Crippen molar-refractivity contribution in [2.75, 3.05) is 5.32 Å². The van der Waals surface area contributed by atoms with Crippen molar-refractivity contribution in [3.8, 4) is 0 Å². The summed E-state index contributed by atoms with van der Waals surface area (Å²) in [6.45, 7) is 0. The molecule has 1 aliphatic rings. The summed E-state index contributed by atoms with van der Waals surface area (Å²) < 4.78 is 37.5. The van der Waals surface area contributed by atoms with Gasteiger partial charge in [-0.2, -0.15) is 13.2 Å². The molecule has 0 aromatic heterocycles. The molecule has 1 aromatic carbocycles. The largest absolute Gasteiger partial charge is 0.416 e. The molecule has 0 radical (unpaired) electrons. The Morgan fingerprint density at radius 2 is 2.00 bits per heavy atom. The van der Waals surface area contributed by atoms with Gasteiger partial charge < -0.3 is 11.1 Å². The maximum Gasteiger partial charge on any atom is 0.416 e. The number of alkyl halides is 3. The third-order valence-electron chi connectivity index (χ3n) is 3.11. The molecule has 0 spiro atoms. The lowest BCUT2D eigenvalue weighted by molar-refractivity contribution is -0.137. The van der Waals surface area contributed by atoms with Crippen molar-refractivity contribution in [1.82, 2.24) is 0 Å². The molecule has 0 saturated heterocycles. The number of rotatable bonds is 2. The Morgan fingerprint density at radius 1 is 1.24 bits per heavy atom. The number of nitrogens with one attached hydrogen (secondary N) is 1. The van der Waals surface area contributed by atoms with Gasteiger partial charge in [0.2, 0.25) is 0 Å². The molecule has 17 heavy (non-hydrogen) atoms. The summed E-state index contributed by atoms with van der Waals surface area (Å²) in [5.41, 5.74) is 5.72. The average Bonchev–Trinajstić information content (AvgIpc) is 2.64. The lowest BCUT2D eigenvalue weighted by Gasteiger charge is -2.19. The second-order valence-corrected chi connectivity index (χ2v) is 4.42. The van der Waals surface area contributed by atoms with Crippen LogP contribution in [0.25, 0.3) is 0 Å². The topological polar surface area (TPSA) is 38.0 Å². The van der Waals surface area contributed by atoms with Gasteiger partial charge in [0, 0.05) is 17.8 Å². The summed E-state index contributed by atoms with van der Waals surface area (Å²) >= 11 is 0. The van der Waals surface area contributed by atoms with E-state index in [0.29, 0.717) is 5.69 Å². The van der Waals surface area contributed by atoms with Gasteiger partial charge in [0.05, 0.1) is 5.56 Å². The molecule has 0 aliphatic heterocycles. The zero-order valence-corrected chi connectivity index (χ0v) is 9.30. The highest BCUT2D eigenvalue weighted by molar-refractivity contribution is 5.47. The van der Waals surface area contributed by atoms with Crippen LogP contribution in [0.2, 0.25) is 0 Å². The highest BCUT2D eigenvalue weighted by atomic mass is 19.4. The minimum atomic E-state index is -4.30. The van der Waals surface area contributed by atoms with Crippen molar-refractivity contribution in [2.24, 2.45) is 5.73 Å². The molecular formula is C12H15F3N2. The molecule has 0 amide bonds. The molecular weight excluding hydrogens is 229 g/mol. The fraction of sp³-hybridized carbons (Fsp3) is 0.500. The Morgan fingerprint density at radius 3 is 2.59 bits per heavy atom. The predicted molar refractivity (Wildman–Crippen MR) is 60.7 cm³/mol. The minimum absolute atomic E-state index is 0.0320. The van der Waals surface area contributed by atoms with Crippen LogP contribution in [-0.4, -0.2) is 12.1 Å². The maximum atomic E-state index is 12.5. The molecule has 0 unspecified atom stereocenters. The Hall–Kier alpha value is -1.23. The standard InChI is InChI=1S/C12H15F3N2/c13-12(14,15)8-3-1-4-9(7-8)17-11-6-2-5-10(11)16/h1,3-4,7,10-11,17H,2,5-6,16H2/t10-,11-/m1/s1. The first-order chi connectivity index (χ1) is 7.97. The van der Waals surface area contributed by atoms with E-state index in [1.165, 1.54) is 6.07 Å². The summed E-state index contributed by atoms with van der Waals surface area (Å²) in [6.07, 6.45) is -1.43. The van der Waals surface area contributed by atoms with Gasteiger partial charge in [-0.1, -0.05) is 6.07 Å². The molecule has 1 aliphatic carbocycles. The van der Waals surface area contributed by atoms with Crippen LogP contribution in [0.1, 0.15) is 24.8 Å². The van der Waals surface area contributed by atoms with E-state index < -0.39 is 11.7 Å². The van der Waals surface area contributed by atoms with Crippen molar-refractivity contribution in [1.29, 1.82) is 0 Å². The lowest BCUT2D eigenvalue weighted by atomic mass is 10.1. The third kappa shape index (κ3) is 2.91. The normalized spacial score (nSPS) is 24.9. The van der Waals surface area contributed by atoms with Crippen molar-refractivity contribution in [3.63, 3.8) is 0 Å². The van der Waals surface area contributed by atoms with Crippen molar-refractivity contribution in [2.45, 2.75) is 37.5 Å². The molecule has 3 N–H and O–H groups in total. The molecule has 1 saturated carbocycles. The molecule has 0 heterocycles. The van der Waals surface area contributed by atoms with Gasteiger partial charge in [-0.3, -0.25) is 0 Å². The summed E-state index contributed by atoms with van der Waals surface area (Å²) in [7, 11) is 0. The Balaban J connectivity index is 2.11. The number of halogens is 3. The third-order valence-corrected chi connectivity index (χ3v) is 3.11. The van der Waals surface area contributed by atoms with Gasteiger partial charge >= 0.3 is 6.18 Å². The van der Waals surface area contributed by atoms with E-state index in [2.05, 4.69) is 5.32 Å². The molecule has 2 rings (SSSR count). The van der Waals surface area contributed by atoms with E-state index in [9.17, 15) is 13.2 Å². The molecule has 5 heteroatoms. The van der Waals surface area contributed by atoms with E-state index in [1.807, 2.05) is 0 Å². The average molecular weight is 244 g/mol. The number of nitrogens with two attached hydrogens (primary N) is 1. The fourth-order valence-corrected chi connectivity index (χ4v) is 2.17. The van der Waals surface area contributed by atoms with Crippen LogP contribution in [0, 0.1) is 0 Å². The summed E-state index contributed by atoms with van der Waals surface area (Å²) in [6, 6.07) is 5.36. The van der Waals surface area contributed by atoms with E-state index >= 15 is 0 Å². The predicted octanol–water partition coefficient (Wildman–Crippen LogP) is 3.00. The summed E-state index contributed by atoms with van der Waals surface area (Å²) in [5, 5.41) is 3.08. The first-order valence-electron chi connectivity index (χ1n) is 5.66. The van der Waals surface area contributed by atoms with Crippen LogP contribution in [0.15, 0.2) is 24.3 Å². The van der Waals surface area contributed by atoms with Gasteiger partial charge in [-0.15, -0.1) is 0 Å². The van der Waals surface area contributed by atoms with Crippen LogP contribution >= 0.6 is 0 Å². The number of hydrogen-bond acceptors (Lipinski definition) is 2. The van der Waals surface area contributed by atoms with Gasteiger partial charge in [-0.25, -0.2) is 0 Å². The van der Waals surface area contributed by atoms with Crippen molar-refractivity contribution < 1.29 is 13.2 Å². The highest BCUT2D eigenvalue weighted by Gasteiger charge is 2.31. The molecule has 94 valence electrons. The number of benzene rings is 1. The van der Waals surface area contributed by atoms with Crippen LogP contribution in [0.3, 0.4) is 0 Å². The summed E-state index contributed by atoms with van der Waals surface area (Å²) in [4.78, 5) is 0. The van der Waals surface area contributed by atoms with Gasteiger partial charge in [-0.05, 0) is 37.5 Å². The second-order valence-electron chi connectivity index (χ2n) is 4.42. The molecule has 2 atom stereocenters. The van der Waals surface area contributed by atoms with Crippen LogP contribution in [0.4, 0.5) is 18.9 Å². The first-order valence-corrected chi connectivity index (χ1v) is 5.66. The van der Waals surface area contributed by atoms with Crippen molar-refractivity contribution >= 4 is 5.69 Å². The lowest BCUT2D eigenvalue weighted by Crippen LogP contribution is -2.35. The molecule has 0 bridgehead atoms. The fourth-order valence-electron chi connectivity index (χ4n) is 2.17. The van der Waals surface area contributed by atoms with Gasteiger partial charge in [0.25, 0.3) is 0 Å². The van der Waals surface area contributed by atoms with Crippen LogP contribution in [0.5, 0.6) is 0 Å². The molecule has 1 aromatic rings. The first kappa shape index (κ1) is 12.2. The quantitative estimate of drug-likeness (QED) is 0.839.